The van der Waals surface area contributed by atoms with Gasteiger partial charge in [0.25, 0.3) is 0 Å². The molecule has 0 aliphatic carbocycles. The number of carbonyl (C=O) groups excluding carboxylic acids is 1. The summed E-state index contributed by atoms with van der Waals surface area (Å²) in [4.78, 5) is 19.6. The second-order valence-electron chi connectivity index (χ2n) is 6.09. The molecule has 0 N–H and O–H groups in total. The first kappa shape index (κ1) is 18.3. The summed E-state index contributed by atoms with van der Waals surface area (Å²) < 4.78 is 63.5. The highest BCUT2D eigenvalue weighted by Gasteiger charge is 2.44. The number of halogens is 4. The molecule has 2 bridgehead atoms. The van der Waals surface area contributed by atoms with E-state index in [1.54, 1.807) is 0 Å². The van der Waals surface area contributed by atoms with E-state index < -0.39 is 35.3 Å². The third-order valence-electron chi connectivity index (χ3n) is 4.18. The van der Waals surface area contributed by atoms with Crippen molar-refractivity contribution in [2.75, 3.05) is 6.61 Å². The molecule has 2 aliphatic heterocycles. The Morgan fingerprint density at radius 3 is 2.59 bits per heavy atom. The van der Waals surface area contributed by atoms with E-state index in [0.29, 0.717) is 5.56 Å². The lowest BCUT2D eigenvalue weighted by atomic mass is 10.1. The maximum absolute atomic E-state index is 13.3. The number of hydrogen-bond acceptors (Lipinski definition) is 6. The topological polar surface area (TPSA) is 61.3 Å². The molecule has 0 radical (unpaired) electrons. The van der Waals surface area contributed by atoms with Crippen LogP contribution in [0.25, 0.3) is 11.3 Å². The SMILES string of the molecule is O=C1C[C@@H](Sc2nc(-c3ccc(F)cc3)cc(C(F)(F)F)n2)[C@@H]2CO[C@H]1O2. The molecule has 3 heterocycles. The Kier molecular flexibility index (Phi) is 4.65. The number of benzene rings is 1. The Morgan fingerprint density at radius 2 is 1.89 bits per heavy atom. The number of alkyl halides is 3. The van der Waals surface area contributed by atoms with E-state index >= 15 is 0 Å². The van der Waals surface area contributed by atoms with Crippen LogP contribution in [0.2, 0.25) is 0 Å². The zero-order chi connectivity index (χ0) is 19.2. The van der Waals surface area contributed by atoms with Crippen LogP contribution in [0.3, 0.4) is 0 Å². The van der Waals surface area contributed by atoms with Crippen LogP contribution in [0, 0.1) is 5.82 Å². The van der Waals surface area contributed by atoms with Gasteiger partial charge in [0.2, 0.25) is 6.29 Å². The predicted octanol–water partition coefficient (Wildman–Crippen LogP) is 3.48. The van der Waals surface area contributed by atoms with Gasteiger partial charge in [0.1, 0.15) is 11.5 Å². The molecule has 3 atom stereocenters. The average Bonchev–Trinajstić information content (AvgIpc) is 3.05. The lowest BCUT2D eigenvalue weighted by molar-refractivity contribution is -0.151. The molecule has 2 aliphatic rings. The number of ketones is 1. The fourth-order valence-corrected chi connectivity index (χ4v) is 3.97. The molecule has 2 aromatic rings. The van der Waals surface area contributed by atoms with Gasteiger partial charge in [-0.15, -0.1) is 0 Å². The summed E-state index contributed by atoms with van der Waals surface area (Å²) in [6.07, 6.45) is -5.87. The number of ether oxygens (including phenoxy) is 2. The third-order valence-corrected chi connectivity index (χ3v) is 5.35. The van der Waals surface area contributed by atoms with Crippen LogP contribution in [0.15, 0.2) is 35.5 Å². The van der Waals surface area contributed by atoms with Crippen molar-refractivity contribution in [1.82, 2.24) is 9.97 Å². The minimum Gasteiger partial charge on any atom is -0.343 e. The number of carbonyl (C=O) groups is 1. The van der Waals surface area contributed by atoms with Gasteiger partial charge in [0.05, 0.1) is 18.4 Å². The standard InChI is InChI=1S/C17H12F4N2O3S/c18-9-3-1-8(2-4-9)10-5-14(17(19,20)21)23-16(22-10)27-13-6-11(24)15-25-7-12(13)26-15/h1-5,12-13,15H,6-7H2/t12-,13+,15-/m0/s1. The van der Waals surface area contributed by atoms with Gasteiger partial charge >= 0.3 is 6.18 Å². The van der Waals surface area contributed by atoms with Crippen molar-refractivity contribution in [1.29, 1.82) is 0 Å². The Bertz CT molecular complexity index is 875. The summed E-state index contributed by atoms with van der Waals surface area (Å²) in [6, 6.07) is 5.78. The number of aromatic nitrogens is 2. The van der Waals surface area contributed by atoms with Crippen molar-refractivity contribution in [3.05, 3.63) is 41.8 Å². The van der Waals surface area contributed by atoms with E-state index in [1.165, 1.54) is 12.1 Å². The summed E-state index contributed by atoms with van der Waals surface area (Å²) in [5.41, 5.74) is -0.766. The first-order chi connectivity index (χ1) is 12.8. The van der Waals surface area contributed by atoms with Gasteiger partial charge in [-0.25, -0.2) is 14.4 Å². The molecule has 1 aromatic heterocycles. The Labute approximate surface area is 155 Å². The molecule has 10 heteroatoms. The summed E-state index contributed by atoms with van der Waals surface area (Å²) in [7, 11) is 0. The number of fused-ring (bicyclic) bond motifs is 2. The lowest BCUT2D eigenvalue weighted by Gasteiger charge is -2.25. The zero-order valence-corrected chi connectivity index (χ0v) is 14.4. The Hall–Kier alpha value is -2.04. The fourth-order valence-electron chi connectivity index (χ4n) is 2.85. The van der Waals surface area contributed by atoms with Crippen LogP contribution in [-0.2, 0) is 20.4 Å². The van der Waals surface area contributed by atoms with Crippen molar-refractivity contribution in [3.8, 4) is 11.3 Å². The van der Waals surface area contributed by atoms with Crippen LogP contribution < -0.4 is 0 Å². The van der Waals surface area contributed by atoms with Gasteiger partial charge < -0.3 is 9.47 Å². The van der Waals surface area contributed by atoms with Crippen molar-refractivity contribution >= 4 is 17.5 Å². The van der Waals surface area contributed by atoms with Crippen LogP contribution in [0.4, 0.5) is 17.6 Å². The summed E-state index contributed by atoms with van der Waals surface area (Å²) in [6.45, 7) is 0.192. The minimum atomic E-state index is -4.67. The Morgan fingerprint density at radius 1 is 1.15 bits per heavy atom. The molecule has 4 rings (SSSR count). The molecular formula is C17H12F4N2O3S. The van der Waals surface area contributed by atoms with Crippen LogP contribution in [0.5, 0.6) is 0 Å². The normalized spacial score (nSPS) is 25.0. The van der Waals surface area contributed by atoms with Gasteiger partial charge in [-0.3, -0.25) is 4.79 Å². The lowest BCUT2D eigenvalue weighted by Crippen LogP contribution is -2.37. The van der Waals surface area contributed by atoms with E-state index in [4.69, 9.17) is 9.47 Å². The highest BCUT2D eigenvalue weighted by molar-refractivity contribution is 7.99. The second kappa shape index (κ2) is 6.84. The molecular weight excluding hydrogens is 388 g/mol. The van der Waals surface area contributed by atoms with Gasteiger partial charge in [-0.1, -0.05) is 11.8 Å². The van der Waals surface area contributed by atoms with E-state index in [2.05, 4.69) is 9.97 Å². The first-order valence-corrected chi connectivity index (χ1v) is 8.86. The zero-order valence-electron chi connectivity index (χ0n) is 13.6. The van der Waals surface area contributed by atoms with Crippen LogP contribution in [-0.4, -0.2) is 40.0 Å². The molecule has 2 saturated heterocycles. The molecule has 0 saturated carbocycles. The predicted molar refractivity (Wildman–Crippen MR) is 86.3 cm³/mol. The average molecular weight is 400 g/mol. The summed E-state index contributed by atoms with van der Waals surface area (Å²) in [5.74, 6) is -0.765. The van der Waals surface area contributed by atoms with E-state index in [9.17, 15) is 22.4 Å². The highest BCUT2D eigenvalue weighted by Crippen LogP contribution is 2.37. The fraction of sp³-hybridized carbons (Fsp3) is 0.353. The number of Topliss-reactive ketones (excluding diaryl/α,β-unsaturated/α-hetero) is 1. The van der Waals surface area contributed by atoms with Crippen molar-refractivity contribution in [3.63, 3.8) is 0 Å². The maximum Gasteiger partial charge on any atom is 0.433 e. The van der Waals surface area contributed by atoms with Gasteiger partial charge in [0, 0.05) is 17.2 Å². The molecule has 1 aromatic carbocycles. The van der Waals surface area contributed by atoms with Crippen molar-refractivity contribution in [2.24, 2.45) is 0 Å². The van der Waals surface area contributed by atoms with E-state index in [0.717, 1.165) is 30.0 Å². The second-order valence-corrected chi connectivity index (χ2v) is 7.30. The quantitative estimate of drug-likeness (QED) is 0.581. The van der Waals surface area contributed by atoms with Crippen LogP contribution in [0.1, 0.15) is 12.1 Å². The van der Waals surface area contributed by atoms with E-state index in [-0.39, 0.29) is 29.7 Å². The molecule has 27 heavy (non-hydrogen) atoms. The summed E-state index contributed by atoms with van der Waals surface area (Å²) >= 11 is 0.948. The van der Waals surface area contributed by atoms with Crippen molar-refractivity contribution < 1.29 is 31.8 Å². The Balaban J connectivity index is 1.68. The summed E-state index contributed by atoms with van der Waals surface area (Å²) in [5, 5.41) is -0.572. The first-order valence-electron chi connectivity index (χ1n) is 7.98. The largest absolute Gasteiger partial charge is 0.433 e. The van der Waals surface area contributed by atoms with Gasteiger partial charge in [0.15, 0.2) is 10.9 Å². The van der Waals surface area contributed by atoms with E-state index in [1.807, 2.05) is 0 Å². The highest BCUT2D eigenvalue weighted by atomic mass is 32.2. The monoisotopic (exact) mass is 400 g/mol. The third kappa shape index (κ3) is 3.83. The molecule has 0 amide bonds. The van der Waals surface area contributed by atoms with Gasteiger partial charge in [-0.2, -0.15) is 13.2 Å². The maximum atomic E-state index is 13.3. The molecule has 142 valence electrons. The number of rotatable bonds is 3. The minimum absolute atomic E-state index is 0.0171. The molecule has 0 unspecified atom stereocenters. The molecule has 0 spiro atoms. The molecule has 5 nitrogen and oxygen atoms in total. The van der Waals surface area contributed by atoms with Crippen LogP contribution >= 0.6 is 11.8 Å². The smallest absolute Gasteiger partial charge is 0.343 e. The number of thioether (sulfide) groups is 1. The molecule has 2 fully saturated rings. The number of nitrogens with zero attached hydrogens (tertiary/aromatic N) is 2. The van der Waals surface area contributed by atoms with Crippen molar-refractivity contribution in [2.45, 2.75) is 35.4 Å². The van der Waals surface area contributed by atoms with Gasteiger partial charge in [-0.05, 0) is 30.3 Å². The number of hydrogen-bond donors (Lipinski definition) is 0.